The summed E-state index contributed by atoms with van der Waals surface area (Å²) in [7, 11) is 0. The SMILES string of the molecule is NC(=O)C1=Cc2cc(Cl)ccc2CN1. The molecular formula is C10H9ClN2O. The van der Waals surface area contributed by atoms with E-state index in [1.54, 1.807) is 6.08 Å². The topological polar surface area (TPSA) is 55.1 Å². The first-order valence-corrected chi connectivity index (χ1v) is 4.58. The summed E-state index contributed by atoms with van der Waals surface area (Å²) in [4.78, 5) is 10.9. The molecule has 1 aliphatic heterocycles. The second-order valence-corrected chi connectivity index (χ2v) is 3.56. The lowest BCUT2D eigenvalue weighted by molar-refractivity contribution is -0.114. The van der Waals surface area contributed by atoms with Gasteiger partial charge in [-0.1, -0.05) is 17.7 Å². The van der Waals surface area contributed by atoms with Gasteiger partial charge >= 0.3 is 0 Å². The van der Waals surface area contributed by atoms with Gasteiger partial charge in [0.2, 0.25) is 0 Å². The molecule has 1 aromatic carbocycles. The highest BCUT2D eigenvalue weighted by atomic mass is 35.5. The molecule has 1 amide bonds. The number of primary amides is 1. The summed E-state index contributed by atoms with van der Waals surface area (Å²) in [5.41, 5.74) is 7.65. The molecule has 1 aliphatic rings. The van der Waals surface area contributed by atoms with Gasteiger partial charge in [0.25, 0.3) is 5.91 Å². The maximum Gasteiger partial charge on any atom is 0.264 e. The zero-order chi connectivity index (χ0) is 10.1. The van der Waals surface area contributed by atoms with E-state index in [0.29, 0.717) is 17.3 Å². The highest BCUT2D eigenvalue weighted by Crippen LogP contribution is 2.21. The largest absolute Gasteiger partial charge is 0.376 e. The van der Waals surface area contributed by atoms with E-state index in [4.69, 9.17) is 17.3 Å². The molecule has 2 rings (SSSR count). The molecular weight excluding hydrogens is 200 g/mol. The van der Waals surface area contributed by atoms with Crippen LogP contribution in [0.2, 0.25) is 5.02 Å². The van der Waals surface area contributed by atoms with Crippen molar-refractivity contribution >= 4 is 23.6 Å². The van der Waals surface area contributed by atoms with Crippen LogP contribution in [0.5, 0.6) is 0 Å². The van der Waals surface area contributed by atoms with E-state index in [1.807, 2.05) is 18.2 Å². The van der Waals surface area contributed by atoms with E-state index in [-0.39, 0.29) is 0 Å². The summed E-state index contributed by atoms with van der Waals surface area (Å²) in [6.07, 6.45) is 1.72. The number of halogens is 1. The molecule has 0 unspecified atom stereocenters. The molecule has 0 atom stereocenters. The first kappa shape index (κ1) is 9.09. The lowest BCUT2D eigenvalue weighted by atomic mass is 10.0. The van der Waals surface area contributed by atoms with Gasteiger partial charge in [0.1, 0.15) is 5.70 Å². The Morgan fingerprint density at radius 1 is 1.50 bits per heavy atom. The first-order valence-electron chi connectivity index (χ1n) is 4.20. The Morgan fingerprint density at radius 3 is 3.00 bits per heavy atom. The monoisotopic (exact) mass is 208 g/mol. The fourth-order valence-corrected chi connectivity index (χ4v) is 1.60. The maximum absolute atomic E-state index is 10.9. The van der Waals surface area contributed by atoms with E-state index in [9.17, 15) is 4.79 Å². The minimum absolute atomic E-state index is 0.430. The molecule has 1 aromatic rings. The average molecular weight is 209 g/mol. The van der Waals surface area contributed by atoms with E-state index in [1.165, 1.54) is 0 Å². The van der Waals surface area contributed by atoms with Crippen molar-refractivity contribution in [3.05, 3.63) is 40.0 Å². The van der Waals surface area contributed by atoms with Crippen LogP contribution >= 0.6 is 11.6 Å². The molecule has 0 saturated heterocycles. The van der Waals surface area contributed by atoms with Gasteiger partial charge in [-0.3, -0.25) is 4.79 Å². The summed E-state index contributed by atoms with van der Waals surface area (Å²) in [6.45, 7) is 0.612. The number of hydrogen-bond acceptors (Lipinski definition) is 2. The van der Waals surface area contributed by atoms with Crippen LogP contribution in [-0.4, -0.2) is 5.91 Å². The fraction of sp³-hybridized carbons (Fsp3) is 0.100. The third kappa shape index (κ3) is 1.59. The van der Waals surface area contributed by atoms with Crippen LogP contribution in [0.3, 0.4) is 0 Å². The number of carbonyl (C=O) groups is 1. The number of nitrogens with two attached hydrogens (primary N) is 1. The number of hydrogen-bond donors (Lipinski definition) is 2. The number of rotatable bonds is 1. The summed E-state index contributed by atoms with van der Waals surface area (Å²) < 4.78 is 0. The molecule has 3 N–H and O–H groups in total. The lowest BCUT2D eigenvalue weighted by Gasteiger charge is -2.16. The predicted octanol–water partition coefficient (Wildman–Crippen LogP) is 1.27. The van der Waals surface area contributed by atoms with Crippen LogP contribution in [0, 0.1) is 0 Å². The van der Waals surface area contributed by atoms with E-state index >= 15 is 0 Å². The minimum Gasteiger partial charge on any atom is -0.376 e. The molecule has 0 aliphatic carbocycles. The summed E-state index contributed by atoms with van der Waals surface area (Å²) in [6, 6.07) is 5.57. The van der Waals surface area contributed by atoms with Crippen molar-refractivity contribution in [2.45, 2.75) is 6.54 Å². The summed E-state index contributed by atoms with van der Waals surface area (Å²) >= 11 is 5.84. The van der Waals surface area contributed by atoms with Gasteiger partial charge in [-0.25, -0.2) is 0 Å². The van der Waals surface area contributed by atoms with E-state index in [0.717, 1.165) is 11.1 Å². The zero-order valence-corrected chi connectivity index (χ0v) is 8.14. The molecule has 72 valence electrons. The normalized spacial score (nSPS) is 13.9. The van der Waals surface area contributed by atoms with Gasteiger partial charge in [-0.15, -0.1) is 0 Å². The average Bonchev–Trinajstić information content (AvgIpc) is 2.16. The quantitative estimate of drug-likeness (QED) is 0.730. The van der Waals surface area contributed by atoms with Gasteiger partial charge < -0.3 is 11.1 Å². The molecule has 4 heteroatoms. The molecule has 3 nitrogen and oxygen atoms in total. The Hall–Kier alpha value is -1.48. The van der Waals surface area contributed by atoms with Crippen molar-refractivity contribution in [1.82, 2.24) is 5.32 Å². The van der Waals surface area contributed by atoms with Crippen molar-refractivity contribution in [1.29, 1.82) is 0 Å². The van der Waals surface area contributed by atoms with Gasteiger partial charge in [-0.2, -0.15) is 0 Å². The number of amides is 1. The zero-order valence-electron chi connectivity index (χ0n) is 7.38. The molecule has 0 bridgehead atoms. The molecule has 0 saturated carbocycles. The Bertz CT molecular complexity index is 426. The molecule has 0 fully saturated rings. The number of benzene rings is 1. The van der Waals surface area contributed by atoms with Crippen molar-refractivity contribution < 1.29 is 4.79 Å². The Labute approximate surface area is 86.6 Å². The van der Waals surface area contributed by atoms with Crippen LogP contribution in [0.1, 0.15) is 11.1 Å². The van der Waals surface area contributed by atoms with Gasteiger partial charge in [0.05, 0.1) is 0 Å². The molecule has 0 aromatic heterocycles. The lowest BCUT2D eigenvalue weighted by Crippen LogP contribution is -2.28. The second-order valence-electron chi connectivity index (χ2n) is 3.12. The predicted molar refractivity (Wildman–Crippen MR) is 55.5 cm³/mol. The number of fused-ring (bicyclic) bond motifs is 1. The van der Waals surface area contributed by atoms with Crippen molar-refractivity contribution in [2.75, 3.05) is 0 Å². The van der Waals surface area contributed by atoms with Gasteiger partial charge in [-0.05, 0) is 29.3 Å². The molecule has 0 radical (unpaired) electrons. The highest BCUT2D eigenvalue weighted by molar-refractivity contribution is 6.30. The Morgan fingerprint density at radius 2 is 2.29 bits per heavy atom. The fourth-order valence-electron chi connectivity index (χ4n) is 1.42. The second kappa shape index (κ2) is 3.35. The third-order valence-electron chi connectivity index (χ3n) is 2.14. The summed E-state index contributed by atoms with van der Waals surface area (Å²) in [5.74, 6) is -0.448. The van der Waals surface area contributed by atoms with Crippen molar-refractivity contribution in [3.8, 4) is 0 Å². The van der Waals surface area contributed by atoms with Crippen molar-refractivity contribution in [3.63, 3.8) is 0 Å². The van der Waals surface area contributed by atoms with Crippen molar-refractivity contribution in [2.24, 2.45) is 5.73 Å². The van der Waals surface area contributed by atoms with Crippen LogP contribution in [-0.2, 0) is 11.3 Å². The van der Waals surface area contributed by atoms with E-state index < -0.39 is 5.91 Å². The Balaban J connectivity index is 2.47. The molecule has 14 heavy (non-hydrogen) atoms. The van der Waals surface area contributed by atoms with Crippen LogP contribution in [0.15, 0.2) is 23.9 Å². The number of nitrogens with one attached hydrogen (secondary N) is 1. The maximum atomic E-state index is 10.9. The van der Waals surface area contributed by atoms with Gasteiger partial charge in [0, 0.05) is 11.6 Å². The smallest absolute Gasteiger partial charge is 0.264 e. The molecule has 0 spiro atoms. The summed E-state index contributed by atoms with van der Waals surface area (Å²) in [5, 5.41) is 3.60. The van der Waals surface area contributed by atoms with Crippen LogP contribution in [0.25, 0.3) is 6.08 Å². The first-order chi connectivity index (χ1) is 6.66. The minimum atomic E-state index is -0.448. The van der Waals surface area contributed by atoms with E-state index in [2.05, 4.69) is 5.32 Å². The van der Waals surface area contributed by atoms with Gasteiger partial charge in [0.15, 0.2) is 0 Å². The Kier molecular flexibility index (Phi) is 2.17. The van der Waals surface area contributed by atoms with Crippen LogP contribution < -0.4 is 11.1 Å². The number of carbonyl (C=O) groups excluding carboxylic acids is 1. The molecule has 1 heterocycles. The highest BCUT2D eigenvalue weighted by Gasteiger charge is 2.12. The third-order valence-corrected chi connectivity index (χ3v) is 2.38. The standard InChI is InChI=1S/C10H9ClN2O/c11-8-2-1-6-5-13-9(10(12)14)4-7(6)3-8/h1-4,13H,5H2,(H2,12,14). The van der Waals surface area contributed by atoms with Crippen LogP contribution in [0.4, 0.5) is 0 Å².